The minimum atomic E-state index is -0.436. The molecule has 1 aliphatic rings. The lowest BCUT2D eigenvalue weighted by atomic mass is 10.0. The van der Waals surface area contributed by atoms with Crippen LogP contribution in [0.2, 0.25) is 0 Å². The largest absolute Gasteiger partial charge is 0.346 e. The number of amides is 3. The van der Waals surface area contributed by atoms with E-state index in [9.17, 15) is 19.2 Å². The lowest BCUT2D eigenvalue weighted by Gasteiger charge is -2.21. The number of imide groups is 1. The summed E-state index contributed by atoms with van der Waals surface area (Å²) in [5, 5.41) is 2.89. The first kappa shape index (κ1) is 25.7. The van der Waals surface area contributed by atoms with Gasteiger partial charge in [0.05, 0.1) is 11.3 Å². The van der Waals surface area contributed by atoms with Crippen LogP contribution >= 0.6 is 11.8 Å². The quantitative estimate of drug-likeness (QED) is 0.359. The predicted molar refractivity (Wildman–Crippen MR) is 118 cm³/mol. The molecule has 4 unspecified atom stereocenters. The zero-order valence-electron chi connectivity index (χ0n) is 18.8. The Morgan fingerprint density at radius 2 is 1.79 bits per heavy atom. The summed E-state index contributed by atoms with van der Waals surface area (Å²) in [7, 11) is 0. The average molecular weight is 427 g/mol. The molecule has 0 saturated carbocycles. The van der Waals surface area contributed by atoms with Crippen molar-refractivity contribution in [2.75, 3.05) is 6.54 Å². The van der Waals surface area contributed by atoms with Crippen LogP contribution in [0.3, 0.4) is 0 Å². The SMILES string of the molecule is CCC(C)C(C)SC1CC(=O)N(CCCCCC(=O)NC(C(C)=O)C(C)C)C1=O. The number of nitrogens with zero attached hydrogens (tertiary/aromatic N) is 1. The second kappa shape index (κ2) is 12.4. The van der Waals surface area contributed by atoms with Gasteiger partial charge in [0.25, 0.3) is 0 Å². The zero-order valence-corrected chi connectivity index (χ0v) is 19.6. The van der Waals surface area contributed by atoms with Crippen LogP contribution in [0.1, 0.15) is 80.1 Å². The Hall–Kier alpha value is -1.37. The van der Waals surface area contributed by atoms with Gasteiger partial charge in [-0.1, -0.05) is 47.5 Å². The molecule has 0 radical (unpaired) electrons. The first-order chi connectivity index (χ1) is 13.6. The number of unbranched alkanes of at least 4 members (excludes halogenated alkanes) is 2. The van der Waals surface area contributed by atoms with Crippen molar-refractivity contribution in [2.24, 2.45) is 11.8 Å². The van der Waals surface area contributed by atoms with E-state index in [0.717, 1.165) is 12.8 Å². The maximum absolute atomic E-state index is 12.6. The average Bonchev–Trinajstić information content (AvgIpc) is 2.91. The molecule has 3 amide bonds. The van der Waals surface area contributed by atoms with Crippen LogP contribution in [-0.4, -0.2) is 51.5 Å². The predicted octanol–water partition coefficient (Wildman–Crippen LogP) is 3.57. The van der Waals surface area contributed by atoms with Crippen LogP contribution in [0.5, 0.6) is 0 Å². The van der Waals surface area contributed by atoms with Gasteiger partial charge < -0.3 is 5.32 Å². The summed E-state index contributed by atoms with van der Waals surface area (Å²) in [6.07, 6.45) is 3.84. The van der Waals surface area contributed by atoms with E-state index >= 15 is 0 Å². The Bertz CT molecular complexity index is 593. The number of likely N-dealkylation sites (tertiary alicyclic amines) is 1. The van der Waals surface area contributed by atoms with Gasteiger partial charge in [-0.15, -0.1) is 11.8 Å². The van der Waals surface area contributed by atoms with Crippen molar-refractivity contribution in [3.8, 4) is 0 Å². The number of hydrogen-bond acceptors (Lipinski definition) is 5. The summed E-state index contributed by atoms with van der Waals surface area (Å²) in [5.74, 6) is 0.285. The van der Waals surface area contributed by atoms with Gasteiger partial charge in [0.2, 0.25) is 17.7 Å². The van der Waals surface area contributed by atoms with Gasteiger partial charge in [-0.05, 0) is 31.6 Å². The highest BCUT2D eigenvalue weighted by molar-refractivity contribution is 8.01. The molecule has 29 heavy (non-hydrogen) atoms. The van der Waals surface area contributed by atoms with Gasteiger partial charge in [0.1, 0.15) is 0 Å². The van der Waals surface area contributed by atoms with E-state index in [-0.39, 0.29) is 34.7 Å². The molecule has 166 valence electrons. The van der Waals surface area contributed by atoms with Gasteiger partial charge in [0, 0.05) is 24.6 Å². The maximum Gasteiger partial charge on any atom is 0.242 e. The number of thioether (sulfide) groups is 1. The fraction of sp³-hybridized carbons (Fsp3) is 0.818. The number of carbonyl (C=O) groups excluding carboxylic acids is 4. The van der Waals surface area contributed by atoms with Crippen molar-refractivity contribution >= 4 is 35.3 Å². The lowest BCUT2D eigenvalue weighted by molar-refractivity contribution is -0.138. The molecule has 7 heteroatoms. The van der Waals surface area contributed by atoms with Crippen molar-refractivity contribution in [3.63, 3.8) is 0 Å². The van der Waals surface area contributed by atoms with E-state index < -0.39 is 6.04 Å². The maximum atomic E-state index is 12.6. The Balaban J connectivity index is 2.34. The fourth-order valence-electron chi connectivity index (χ4n) is 3.43. The van der Waals surface area contributed by atoms with E-state index in [1.54, 1.807) is 11.8 Å². The van der Waals surface area contributed by atoms with Crippen LogP contribution in [0.15, 0.2) is 0 Å². The molecule has 1 fully saturated rings. The van der Waals surface area contributed by atoms with E-state index in [1.807, 2.05) is 13.8 Å². The third-order valence-electron chi connectivity index (χ3n) is 5.73. The van der Waals surface area contributed by atoms with Crippen molar-refractivity contribution in [1.29, 1.82) is 0 Å². The van der Waals surface area contributed by atoms with Gasteiger partial charge in [0.15, 0.2) is 5.78 Å². The first-order valence-corrected chi connectivity index (χ1v) is 11.8. The summed E-state index contributed by atoms with van der Waals surface area (Å²) in [5.41, 5.74) is 0. The van der Waals surface area contributed by atoms with Crippen LogP contribution in [0, 0.1) is 11.8 Å². The minimum absolute atomic E-state index is 0.0329. The van der Waals surface area contributed by atoms with E-state index in [2.05, 4.69) is 26.1 Å². The smallest absolute Gasteiger partial charge is 0.242 e. The third-order valence-corrected chi connectivity index (χ3v) is 7.32. The Labute approximate surface area is 179 Å². The molecule has 0 bridgehead atoms. The summed E-state index contributed by atoms with van der Waals surface area (Å²) in [4.78, 5) is 49.8. The second-order valence-corrected chi connectivity index (χ2v) is 10.1. The van der Waals surface area contributed by atoms with Crippen LogP contribution < -0.4 is 5.32 Å². The van der Waals surface area contributed by atoms with E-state index in [4.69, 9.17) is 0 Å². The molecule has 1 rings (SSSR count). The standard InChI is InChI=1S/C22H38N2O4S/c1-7-15(4)17(6)29-18-13-20(27)24(22(18)28)12-10-8-9-11-19(26)23-21(14(2)3)16(5)25/h14-15,17-18,21H,7-13H2,1-6H3,(H,23,26). The van der Waals surface area contributed by atoms with Crippen molar-refractivity contribution in [2.45, 2.75) is 96.6 Å². The highest BCUT2D eigenvalue weighted by Crippen LogP contribution is 2.32. The number of hydrogen-bond donors (Lipinski definition) is 1. The first-order valence-electron chi connectivity index (χ1n) is 10.9. The highest BCUT2D eigenvalue weighted by atomic mass is 32.2. The highest BCUT2D eigenvalue weighted by Gasteiger charge is 2.39. The molecule has 0 aromatic heterocycles. The molecule has 0 aromatic carbocycles. The normalized spacial score (nSPS) is 20.1. The number of nitrogens with one attached hydrogen (secondary N) is 1. The summed E-state index contributed by atoms with van der Waals surface area (Å²) in [6.45, 7) is 12.2. The van der Waals surface area contributed by atoms with Gasteiger partial charge in [-0.2, -0.15) is 0 Å². The second-order valence-electron chi connectivity index (χ2n) is 8.51. The third kappa shape index (κ3) is 8.11. The lowest BCUT2D eigenvalue weighted by Crippen LogP contribution is -2.43. The summed E-state index contributed by atoms with van der Waals surface area (Å²) in [6, 6.07) is -0.436. The molecule has 1 saturated heterocycles. The molecule has 4 atom stereocenters. The van der Waals surface area contributed by atoms with Crippen LogP contribution in [0.4, 0.5) is 0 Å². The van der Waals surface area contributed by atoms with Crippen molar-refractivity contribution in [1.82, 2.24) is 10.2 Å². The number of ketones is 1. The van der Waals surface area contributed by atoms with Crippen molar-refractivity contribution in [3.05, 3.63) is 0 Å². The van der Waals surface area contributed by atoms with Crippen molar-refractivity contribution < 1.29 is 19.2 Å². The molecule has 6 nitrogen and oxygen atoms in total. The monoisotopic (exact) mass is 426 g/mol. The number of rotatable bonds is 13. The van der Waals surface area contributed by atoms with E-state index in [1.165, 1.54) is 11.8 Å². The van der Waals surface area contributed by atoms with Gasteiger partial charge >= 0.3 is 0 Å². The molecular weight excluding hydrogens is 388 g/mol. The van der Waals surface area contributed by atoms with Crippen LogP contribution in [-0.2, 0) is 19.2 Å². The molecular formula is C22H38N2O4S. The van der Waals surface area contributed by atoms with Gasteiger partial charge in [-0.25, -0.2) is 0 Å². The topological polar surface area (TPSA) is 83.6 Å². The number of Topliss-reactive ketones (excluding diaryl/α,β-unsaturated/α-hetero) is 1. The van der Waals surface area contributed by atoms with Gasteiger partial charge in [-0.3, -0.25) is 24.1 Å². The fourth-order valence-corrected chi connectivity index (χ4v) is 4.90. The zero-order chi connectivity index (χ0) is 22.1. The Morgan fingerprint density at radius 1 is 1.14 bits per heavy atom. The summed E-state index contributed by atoms with van der Waals surface area (Å²) >= 11 is 1.62. The summed E-state index contributed by atoms with van der Waals surface area (Å²) < 4.78 is 0. The Morgan fingerprint density at radius 3 is 2.34 bits per heavy atom. The molecule has 0 spiro atoms. The molecule has 0 aromatic rings. The number of carbonyl (C=O) groups is 4. The molecule has 1 aliphatic heterocycles. The minimum Gasteiger partial charge on any atom is -0.346 e. The molecule has 0 aliphatic carbocycles. The molecule has 1 heterocycles. The molecule has 1 N–H and O–H groups in total. The van der Waals surface area contributed by atoms with Crippen LogP contribution in [0.25, 0.3) is 0 Å². The Kier molecular flexibility index (Phi) is 10.9. The van der Waals surface area contributed by atoms with E-state index in [0.29, 0.717) is 43.4 Å².